The number of thiophene rings is 1. The Morgan fingerprint density at radius 3 is 3.04 bits per heavy atom. The van der Waals surface area contributed by atoms with Gasteiger partial charge < -0.3 is 5.32 Å². The van der Waals surface area contributed by atoms with Gasteiger partial charge >= 0.3 is 0 Å². The molecule has 1 aliphatic carbocycles. The molecule has 2 heterocycles. The fourth-order valence-electron chi connectivity index (χ4n) is 2.81. The Morgan fingerprint density at radius 2 is 2.35 bits per heavy atom. The molecule has 0 aliphatic heterocycles. The summed E-state index contributed by atoms with van der Waals surface area (Å²) in [4.78, 5) is 13.7. The molecule has 2 aromatic rings. The zero-order chi connectivity index (χ0) is 16.4. The van der Waals surface area contributed by atoms with Crippen LogP contribution in [0.25, 0.3) is 0 Å². The number of nitrogens with one attached hydrogen (secondary N) is 1. The van der Waals surface area contributed by atoms with Crippen LogP contribution >= 0.6 is 22.9 Å². The molecule has 1 aliphatic rings. The Kier molecular flexibility index (Phi) is 4.69. The van der Waals surface area contributed by atoms with Gasteiger partial charge in [-0.1, -0.05) is 18.5 Å². The minimum absolute atomic E-state index is 0.105. The summed E-state index contributed by atoms with van der Waals surface area (Å²) in [5, 5.41) is 17.7. The van der Waals surface area contributed by atoms with Crippen molar-refractivity contribution in [2.75, 3.05) is 5.32 Å². The SMILES string of the molecule is CC(Cn1cc(Cl)cn1)C(=O)Nc1sc2c(c1C#N)CCCC2. The van der Waals surface area contributed by atoms with Crippen molar-refractivity contribution in [1.82, 2.24) is 9.78 Å². The number of rotatable bonds is 4. The Labute approximate surface area is 143 Å². The maximum Gasteiger partial charge on any atom is 0.229 e. The number of halogens is 1. The molecule has 1 atom stereocenters. The van der Waals surface area contributed by atoms with Gasteiger partial charge in [-0.05, 0) is 31.2 Å². The van der Waals surface area contributed by atoms with Gasteiger partial charge in [0.1, 0.15) is 11.1 Å². The normalized spacial score (nSPS) is 14.8. The summed E-state index contributed by atoms with van der Waals surface area (Å²) in [5.41, 5.74) is 1.78. The van der Waals surface area contributed by atoms with Crippen LogP contribution in [0.5, 0.6) is 0 Å². The van der Waals surface area contributed by atoms with Crippen LogP contribution in [-0.2, 0) is 24.2 Å². The summed E-state index contributed by atoms with van der Waals surface area (Å²) in [6.45, 7) is 2.29. The summed E-state index contributed by atoms with van der Waals surface area (Å²) in [6.07, 6.45) is 7.45. The topological polar surface area (TPSA) is 70.7 Å². The Morgan fingerprint density at radius 1 is 1.57 bits per heavy atom. The minimum atomic E-state index is -0.267. The fraction of sp³-hybridized carbons (Fsp3) is 0.438. The highest BCUT2D eigenvalue weighted by Crippen LogP contribution is 2.37. The zero-order valence-corrected chi connectivity index (χ0v) is 14.4. The third-order valence-electron chi connectivity index (χ3n) is 4.03. The monoisotopic (exact) mass is 348 g/mol. The van der Waals surface area contributed by atoms with E-state index in [0.717, 1.165) is 31.2 Å². The minimum Gasteiger partial charge on any atom is -0.316 e. The van der Waals surface area contributed by atoms with E-state index in [2.05, 4.69) is 16.5 Å². The molecule has 2 aromatic heterocycles. The second-order valence-electron chi connectivity index (χ2n) is 5.80. The molecular formula is C16H17ClN4OS. The first kappa shape index (κ1) is 16.0. The van der Waals surface area contributed by atoms with E-state index in [-0.39, 0.29) is 11.8 Å². The van der Waals surface area contributed by atoms with Gasteiger partial charge in [0, 0.05) is 11.1 Å². The number of hydrogen-bond donors (Lipinski definition) is 1. The Balaban J connectivity index is 1.72. The number of anilines is 1. The standard InChI is InChI=1S/C16H17ClN4OS/c1-10(8-21-9-11(17)7-19-21)15(22)20-16-13(6-18)12-4-2-3-5-14(12)23-16/h7,9-10H,2-5,8H2,1H3,(H,20,22). The number of nitrogens with zero attached hydrogens (tertiary/aromatic N) is 3. The predicted octanol–water partition coefficient (Wildman–Crippen LogP) is 3.62. The first-order valence-corrected chi connectivity index (χ1v) is 8.81. The van der Waals surface area contributed by atoms with Crippen molar-refractivity contribution < 1.29 is 4.79 Å². The number of nitriles is 1. The molecular weight excluding hydrogens is 332 g/mol. The molecule has 3 rings (SSSR count). The molecule has 0 fully saturated rings. The van der Waals surface area contributed by atoms with E-state index >= 15 is 0 Å². The highest BCUT2D eigenvalue weighted by Gasteiger charge is 2.23. The lowest BCUT2D eigenvalue weighted by Gasteiger charge is -2.11. The molecule has 1 unspecified atom stereocenters. The summed E-state index contributed by atoms with van der Waals surface area (Å²) in [7, 11) is 0. The fourth-order valence-corrected chi connectivity index (χ4v) is 4.21. The van der Waals surface area contributed by atoms with Crippen LogP contribution in [0.1, 0.15) is 35.8 Å². The summed E-state index contributed by atoms with van der Waals surface area (Å²) < 4.78 is 1.65. The number of carbonyl (C=O) groups is 1. The van der Waals surface area contributed by atoms with Gasteiger partial charge in [0.25, 0.3) is 0 Å². The van der Waals surface area contributed by atoms with Crippen LogP contribution in [0.4, 0.5) is 5.00 Å². The molecule has 1 N–H and O–H groups in total. The van der Waals surface area contributed by atoms with Gasteiger partial charge in [0.05, 0.1) is 29.2 Å². The van der Waals surface area contributed by atoms with Gasteiger partial charge in [-0.15, -0.1) is 11.3 Å². The third kappa shape index (κ3) is 3.41. The Bertz CT molecular complexity index is 774. The van der Waals surface area contributed by atoms with Crippen molar-refractivity contribution in [2.45, 2.75) is 39.2 Å². The van der Waals surface area contributed by atoms with E-state index in [1.165, 1.54) is 4.88 Å². The lowest BCUT2D eigenvalue weighted by atomic mass is 9.96. The lowest BCUT2D eigenvalue weighted by Crippen LogP contribution is -2.24. The van der Waals surface area contributed by atoms with Crippen molar-refractivity contribution in [2.24, 2.45) is 5.92 Å². The molecule has 0 spiro atoms. The molecule has 0 bridgehead atoms. The van der Waals surface area contributed by atoms with Gasteiger partial charge in [-0.2, -0.15) is 10.4 Å². The number of hydrogen-bond acceptors (Lipinski definition) is 4. The number of amides is 1. The smallest absolute Gasteiger partial charge is 0.229 e. The summed E-state index contributed by atoms with van der Waals surface area (Å²) >= 11 is 7.38. The summed E-state index contributed by atoms with van der Waals surface area (Å²) in [6, 6.07) is 2.26. The van der Waals surface area contributed by atoms with E-state index in [1.807, 2.05) is 6.92 Å². The highest BCUT2D eigenvalue weighted by molar-refractivity contribution is 7.16. The van der Waals surface area contributed by atoms with Crippen molar-refractivity contribution in [3.63, 3.8) is 0 Å². The molecule has 0 aromatic carbocycles. The average molecular weight is 349 g/mol. The third-order valence-corrected chi connectivity index (χ3v) is 5.43. The van der Waals surface area contributed by atoms with Crippen LogP contribution < -0.4 is 5.32 Å². The molecule has 0 radical (unpaired) electrons. The van der Waals surface area contributed by atoms with Gasteiger partial charge in [0.15, 0.2) is 0 Å². The number of fused-ring (bicyclic) bond motifs is 1. The van der Waals surface area contributed by atoms with E-state index in [1.54, 1.807) is 28.4 Å². The van der Waals surface area contributed by atoms with Crippen LogP contribution in [-0.4, -0.2) is 15.7 Å². The van der Waals surface area contributed by atoms with Crippen LogP contribution in [0.15, 0.2) is 12.4 Å². The summed E-state index contributed by atoms with van der Waals surface area (Å²) in [5.74, 6) is -0.372. The van der Waals surface area contributed by atoms with Crippen molar-refractivity contribution in [3.05, 3.63) is 33.4 Å². The van der Waals surface area contributed by atoms with Crippen LogP contribution in [0, 0.1) is 17.2 Å². The number of carbonyl (C=O) groups excluding carboxylic acids is 1. The molecule has 5 nitrogen and oxygen atoms in total. The zero-order valence-electron chi connectivity index (χ0n) is 12.8. The lowest BCUT2D eigenvalue weighted by molar-refractivity contribution is -0.119. The van der Waals surface area contributed by atoms with Crippen molar-refractivity contribution in [1.29, 1.82) is 5.26 Å². The number of aromatic nitrogens is 2. The Hall–Kier alpha value is -1.84. The van der Waals surface area contributed by atoms with E-state index in [0.29, 0.717) is 22.1 Å². The number of aryl methyl sites for hydroxylation is 1. The van der Waals surface area contributed by atoms with Crippen molar-refractivity contribution >= 4 is 33.8 Å². The molecule has 120 valence electrons. The second kappa shape index (κ2) is 6.73. The first-order valence-electron chi connectivity index (χ1n) is 7.62. The largest absolute Gasteiger partial charge is 0.316 e. The van der Waals surface area contributed by atoms with E-state index in [9.17, 15) is 10.1 Å². The molecule has 1 amide bonds. The highest BCUT2D eigenvalue weighted by atomic mass is 35.5. The van der Waals surface area contributed by atoms with E-state index in [4.69, 9.17) is 11.6 Å². The predicted molar refractivity (Wildman–Crippen MR) is 90.7 cm³/mol. The maximum atomic E-state index is 12.4. The molecule has 0 saturated heterocycles. The molecule has 23 heavy (non-hydrogen) atoms. The van der Waals surface area contributed by atoms with E-state index < -0.39 is 0 Å². The maximum absolute atomic E-state index is 12.4. The molecule has 7 heteroatoms. The quantitative estimate of drug-likeness (QED) is 0.917. The van der Waals surface area contributed by atoms with Gasteiger partial charge in [-0.25, -0.2) is 0 Å². The van der Waals surface area contributed by atoms with Crippen LogP contribution in [0.3, 0.4) is 0 Å². The van der Waals surface area contributed by atoms with Gasteiger partial charge in [-0.3, -0.25) is 9.48 Å². The average Bonchev–Trinajstić information content (AvgIpc) is 3.09. The van der Waals surface area contributed by atoms with Crippen molar-refractivity contribution in [3.8, 4) is 6.07 Å². The second-order valence-corrected chi connectivity index (χ2v) is 7.34. The van der Waals surface area contributed by atoms with Gasteiger partial charge in [0.2, 0.25) is 5.91 Å². The first-order chi connectivity index (χ1) is 11.1. The molecule has 0 saturated carbocycles. The van der Waals surface area contributed by atoms with Crippen LogP contribution in [0.2, 0.25) is 5.02 Å².